The van der Waals surface area contributed by atoms with E-state index < -0.39 is 0 Å². The molecule has 0 aliphatic carbocycles. The van der Waals surface area contributed by atoms with Crippen molar-refractivity contribution in [3.05, 3.63) is 52.3 Å². The van der Waals surface area contributed by atoms with Crippen LogP contribution in [0.5, 0.6) is 5.75 Å². The van der Waals surface area contributed by atoms with E-state index in [2.05, 4.69) is 18.9 Å². The highest BCUT2D eigenvalue weighted by Crippen LogP contribution is 2.22. The number of carbonyl (C=O) groups is 1. The molecule has 0 radical (unpaired) electrons. The van der Waals surface area contributed by atoms with Crippen LogP contribution in [0.2, 0.25) is 5.15 Å². The summed E-state index contributed by atoms with van der Waals surface area (Å²) in [5, 5.41) is 4.99. The fourth-order valence-corrected chi connectivity index (χ4v) is 2.54. The van der Waals surface area contributed by atoms with Gasteiger partial charge in [-0.05, 0) is 49.3 Å². The first kappa shape index (κ1) is 17.3. The first-order valence-corrected chi connectivity index (χ1v) is 7.89. The number of hydrogen-bond donors (Lipinski definition) is 0. The zero-order valence-corrected chi connectivity index (χ0v) is 14.6. The van der Waals surface area contributed by atoms with Crippen molar-refractivity contribution in [3.63, 3.8) is 0 Å². The number of aromatic nitrogens is 2. The zero-order valence-electron chi connectivity index (χ0n) is 13.8. The second-order valence-corrected chi connectivity index (χ2v) is 6.15. The Bertz CT molecular complexity index is 715. The molecule has 0 fully saturated rings. The standard InChI is InChI=1S/C18H21ClN2O2/c1-12(2)11-21-18(19)16(13(3)20-21)9-10-17(22)14-5-7-15(23-4)8-6-14/h5-10,12H,11H2,1-4H3/b10-9+. The van der Waals surface area contributed by atoms with Crippen LogP contribution in [0.15, 0.2) is 30.3 Å². The van der Waals surface area contributed by atoms with Crippen LogP contribution in [0.4, 0.5) is 0 Å². The number of nitrogens with zero attached hydrogens (tertiary/aromatic N) is 2. The van der Waals surface area contributed by atoms with Crippen molar-refractivity contribution in [2.75, 3.05) is 7.11 Å². The molecule has 0 saturated heterocycles. The predicted molar refractivity (Wildman–Crippen MR) is 93.2 cm³/mol. The Labute approximate surface area is 141 Å². The van der Waals surface area contributed by atoms with E-state index in [4.69, 9.17) is 16.3 Å². The number of ether oxygens (including phenoxy) is 1. The van der Waals surface area contributed by atoms with E-state index in [-0.39, 0.29) is 5.78 Å². The molecular weight excluding hydrogens is 312 g/mol. The number of hydrogen-bond acceptors (Lipinski definition) is 3. The number of aryl methyl sites for hydroxylation is 1. The zero-order chi connectivity index (χ0) is 17.0. The van der Waals surface area contributed by atoms with Gasteiger partial charge in [0.05, 0.1) is 12.8 Å². The number of ketones is 1. The van der Waals surface area contributed by atoms with Gasteiger partial charge in [-0.1, -0.05) is 25.4 Å². The molecule has 0 unspecified atom stereocenters. The molecule has 2 aromatic rings. The highest BCUT2D eigenvalue weighted by molar-refractivity contribution is 6.31. The number of halogens is 1. The first-order chi connectivity index (χ1) is 10.9. The molecule has 0 aliphatic rings. The Morgan fingerprint density at radius 2 is 2.00 bits per heavy atom. The van der Waals surface area contributed by atoms with Gasteiger partial charge in [-0.25, -0.2) is 0 Å². The van der Waals surface area contributed by atoms with Gasteiger partial charge in [0, 0.05) is 17.7 Å². The van der Waals surface area contributed by atoms with Crippen molar-refractivity contribution in [3.8, 4) is 5.75 Å². The Balaban J connectivity index is 2.18. The predicted octanol–water partition coefficient (Wildman–Crippen LogP) is 4.41. The molecule has 0 N–H and O–H groups in total. The van der Waals surface area contributed by atoms with Crippen LogP contribution < -0.4 is 4.74 Å². The molecule has 122 valence electrons. The third kappa shape index (κ3) is 4.23. The van der Waals surface area contributed by atoms with Crippen molar-refractivity contribution in [1.29, 1.82) is 0 Å². The molecular formula is C18H21ClN2O2. The highest BCUT2D eigenvalue weighted by atomic mass is 35.5. The van der Waals surface area contributed by atoms with E-state index in [1.165, 1.54) is 6.08 Å². The molecule has 4 nitrogen and oxygen atoms in total. The lowest BCUT2D eigenvalue weighted by atomic mass is 10.1. The fraction of sp³-hybridized carbons (Fsp3) is 0.333. The van der Waals surface area contributed by atoms with Crippen molar-refractivity contribution >= 4 is 23.5 Å². The van der Waals surface area contributed by atoms with E-state index in [1.807, 2.05) is 6.92 Å². The molecule has 1 heterocycles. The fourth-order valence-electron chi connectivity index (χ4n) is 2.23. The lowest BCUT2D eigenvalue weighted by Gasteiger charge is -2.05. The summed E-state index contributed by atoms with van der Waals surface area (Å²) < 4.78 is 6.86. The largest absolute Gasteiger partial charge is 0.497 e. The third-order valence-electron chi connectivity index (χ3n) is 3.42. The third-order valence-corrected chi connectivity index (χ3v) is 3.82. The average Bonchev–Trinajstić information content (AvgIpc) is 2.78. The Hall–Kier alpha value is -2.07. The topological polar surface area (TPSA) is 44.1 Å². The van der Waals surface area contributed by atoms with Crippen LogP contribution in [-0.4, -0.2) is 22.7 Å². The summed E-state index contributed by atoms with van der Waals surface area (Å²) in [6, 6.07) is 7.00. The smallest absolute Gasteiger partial charge is 0.185 e. The van der Waals surface area contributed by atoms with Gasteiger partial charge < -0.3 is 4.74 Å². The van der Waals surface area contributed by atoms with Gasteiger partial charge in [-0.15, -0.1) is 0 Å². The Morgan fingerprint density at radius 1 is 1.35 bits per heavy atom. The molecule has 23 heavy (non-hydrogen) atoms. The quantitative estimate of drug-likeness (QED) is 0.581. The number of methoxy groups -OCH3 is 1. The summed E-state index contributed by atoms with van der Waals surface area (Å²) in [5.41, 5.74) is 2.20. The maximum Gasteiger partial charge on any atom is 0.185 e. The second kappa shape index (κ2) is 7.47. The minimum absolute atomic E-state index is 0.0836. The maximum absolute atomic E-state index is 12.2. The minimum atomic E-state index is -0.0836. The van der Waals surface area contributed by atoms with Gasteiger partial charge in [0.25, 0.3) is 0 Å². The SMILES string of the molecule is COc1ccc(C(=O)/C=C/c2c(C)nn(CC(C)C)c2Cl)cc1. The summed E-state index contributed by atoms with van der Waals surface area (Å²) >= 11 is 6.36. The van der Waals surface area contributed by atoms with Crippen LogP contribution in [0, 0.1) is 12.8 Å². The van der Waals surface area contributed by atoms with Crippen LogP contribution in [0.25, 0.3) is 6.08 Å². The van der Waals surface area contributed by atoms with E-state index >= 15 is 0 Å². The number of benzene rings is 1. The molecule has 1 aromatic carbocycles. The maximum atomic E-state index is 12.2. The van der Waals surface area contributed by atoms with Crippen molar-refractivity contribution < 1.29 is 9.53 Å². The van der Waals surface area contributed by atoms with Gasteiger partial charge >= 0.3 is 0 Å². The molecule has 0 aliphatic heterocycles. The molecule has 0 spiro atoms. The average molecular weight is 333 g/mol. The summed E-state index contributed by atoms with van der Waals surface area (Å²) in [5.74, 6) is 1.09. The highest BCUT2D eigenvalue weighted by Gasteiger charge is 2.12. The van der Waals surface area contributed by atoms with Crippen LogP contribution >= 0.6 is 11.6 Å². The lowest BCUT2D eigenvalue weighted by molar-refractivity contribution is 0.104. The lowest BCUT2D eigenvalue weighted by Crippen LogP contribution is -2.06. The van der Waals surface area contributed by atoms with Gasteiger partial charge in [-0.3, -0.25) is 9.48 Å². The van der Waals surface area contributed by atoms with E-state index in [1.54, 1.807) is 42.1 Å². The molecule has 0 amide bonds. The molecule has 0 saturated carbocycles. The number of rotatable bonds is 6. The van der Waals surface area contributed by atoms with Gasteiger partial charge in [0.1, 0.15) is 10.9 Å². The van der Waals surface area contributed by atoms with E-state index in [9.17, 15) is 4.79 Å². The van der Waals surface area contributed by atoms with E-state index in [0.717, 1.165) is 23.6 Å². The summed E-state index contributed by atoms with van der Waals surface area (Å²) in [6.45, 7) is 6.85. The molecule has 5 heteroatoms. The first-order valence-electron chi connectivity index (χ1n) is 7.51. The van der Waals surface area contributed by atoms with Gasteiger partial charge in [0.2, 0.25) is 0 Å². The van der Waals surface area contributed by atoms with Crippen molar-refractivity contribution in [2.24, 2.45) is 5.92 Å². The van der Waals surface area contributed by atoms with Gasteiger partial charge in [-0.2, -0.15) is 5.10 Å². The van der Waals surface area contributed by atoms with Crippen LogP contribution in [0.1, 0.15) is 35.5 Å². The number of carbonyl (C=O) groups excluding carboxylic acids is 1. The normalized spacial score (nSPS) is 11.4. The summed E-state index contributed by atoms with van der Waals surface area (Å²) in [7, 11) is 1.59. The van der Waals surface area contributed by atoms with Gasteiger partial charge in [0.15, 0.2) is 5.78 Å². The van der Waals surface area contributed by atoms with E-state index in [0.29, 0.717) is 16.6 Å². The molecule has 2 rings (SSSR count). The molecule has 0 bridgehead atoms. The summed E-state index contributed by atoms with van der Waals surface area (Å²) in [6.07, 6.45) is 3.26. The summed E-state index contributed by atoms with van der Waals surface area (Å²) in [4.78, 5) is 12.2. The van der Waals surface area contributed by atoms with Crippen molar-refractivity contribution in [2.45, 2.75) is 27.3 Å². The second-order valence-electron chi connectivity index (χ2n) is 5.79. The van der Waals surface area contributed by atoms with Crippen LogP contribution in [-0.2, 0) is 6.54 Å². The minimum Gasteiger partial charge on any atom is -0.497 e. The Morgan fingerprint density at radius 3 is 2.57 bits per heavy atom. The van der Waals surface area contributed by atoms with Crippen molar-refractivity contribution in [1.82, 2.24) is 9.78 Å². The van der Waals surface area contributed by atoms with Crippen LogP contribution in [0.3, 0.4) is 0 Å². The number of allylic oxidation sites excluding steroid dienone is 1. The molecule has 0 atom stereocenters. The Kier molecular flexibility index (Phi) is 5.61. The molecule has 1 aromatic heterocycles. The monoisotopic (exact) mass is 332 g/mol.